The molecule has 0 radical (unpaired) electrons. The van der Waals surface area contributed by atoms with Crippen molar-refractivity contribution in [3.63, 3.8) is 0 Å². The third kappa shape index (κ3) is 4.50. The number of alkyl halides is 3. The molecule has 1 aromatic carbocycles. The van der Waals surface area contributed by atoms with E-state index in [1.165, 1.54) is 23.1 Å². The Kier molecular flexibility index (Phi) is 5.24. The standard InChI is InChI=1S/C17H19F3N4O3/c1-23(2)16(25)24-9-7-11(8-10-24)15-21-14(22-27-15)12-5-3-4-6-13(12)26-17(18,19)20/h3-6,11H,7-10H2,1-2H3. The van der Waals surface area contributed by atoms with Crippen LogP contribution in [0.25, 0.3) is 11.4 Å². The molecule has 7 nitrogen and oxygen atoms in total. The summed E-state index contributed by atoms with van der Waals surface area (Å²) >= 11 is 0. The quantitative estimate of drug-likeness (QED) is 0.810. The molecule has 10 heteroatoms. The van der Waals surface area contributed by atoms with Crippen LogP contribution in [0.2, 0.25) is 0 Å². The second-order valence-corrected chi connectivity index (χ2v) is 6.44. The Morgan fingerprint density at radius 2 is 1.93 bits per heavy atom. The summed E-state index contributed by atoms with van der Waals surface area (Å²) in [4.78, 5) is 19.5. The average Bonchev–Trinajstić information content (AvgIpc) is 3.10. The van der Waals surface area contributed by atoms with Gasteiger partial charge in [0.15, 0.2) is 0 Å². The zero-order chi connectivity index (χ0) is 19.6. The molecule has 0 saturated carbocycles. The van der Waals surface area contributed by atoms with Gasteiger partial charge in [-0.05, 0) is 25.0 Å². The maximum absolute atomic E-state index is 12.6. The van der Waals surface area contributed by atoms with Gasteiger partial charge in [-0.2, -0.15) is 4.98 Å². The van der Waals surface area contributed by atoms with E-state index < -0.39 is 6.36 Å². The lowest BCUT2D eigenvalue weighted by atomic mass is 9.97. The number of amides is 2. The van der Waals surface area contributed by atoms with E-state index in [2.05, 4.69) is 14.9 Å². The number of hydrogen-bond acceptors (Lipinski definition) is 5. The molecule has 146 valence electrons. The highest BCUT2D eigenvalue weighted by atomic mass is 19.4. The zero-order valence-electron chi connectivity index (χ0n) is 14.9. The number of aromatic nitrogens is 2. The first kappa shape index (κ1) is 19.0. The van der Waals surface area contributed by atoms with Crippen molar-refractivity contribution in [2.45, 2.75) is 25.1 Å². The number of para-hydroxylation sites is 1. The lowest BCUT2D eigenvalue weighted by molar-refractivity contribution is -0.274. The van der Waals surface area contributed by atoms with Gasteiger partial charge in [0.05, 0.1) is 5.56 Å². The van der Waals surface area contributed by atoms with E-state index in [0.717, 1.165) is 0 Å². The first-order valence-electron chi connectivity index (χ1n) is 8.39. The summed E-state index contributed by atoms with van der Waals surface area (Å²) < 4.78 is 47.0. The van der Waals surface area contributed by atoms with Gasteiger partial charge in [0.25, 0.3) is 0 Å². The second kappa shape index (κ2) is 7.45. The Morgan fingerprint density at radius 1 is 1.26 bits per heavy atom. The molecule has 0 aliphatic carbocycles. The van der Waals surface area contributed by atoms with Gasteiger partial charge < -0.3 is 19.1 Å². The SMILES string of the molecule is CN(C)C(=O)N1CCC(c2nc(-c3ccccc3OC(F)(F)F)no2)CC1. The lowest BCUT2D eigenvalue weighted by Crippen LogP contribution is -2.43. The van der Waals surface area contributed by atoms with Crippen molar-refractivity contribution in [1.29, 1.82) is 0 Å². The van der Waals surface area contributed by atoms with E-state index in [1.807, 2.05) is 0 Å². The topological polar surface area (TPSA) is 71.7 Å². The number of benzene rings is 1. The fraction of sp³-hybridized carbons (Fsp3) is 0.471. The summed E-state index contributed by atoms with van der Waals surface area (Å²) in [6.07, 6.45) is -3.53. The molecule has 1 aliphatic heterocycles. The van der Waals surface area contributed by atoms with Crippen molar-refractivity contribution in [3.8, 4) is 17.1 Å². The van der Waals surface area contributed by atoms with E-state index >= 15 is 0 Å². The minimum Gasteiger partial charge on any atom is -0.405 e. The molecule has 2 amide bonds. The predicted octanol–water partition coefficient (Wildman–Crippen LogP) is 3.50. The third-order valence-corrected chi connectivity index (χ3v) is 4.29. The van der Waals surface area contributed by atoms with Gasteiger partial charge in [0, 0.05) is 33.1 Å². The van der Waals surface area contributed by atoms with Crippen LogP contribution in [0.15, 0.2) is 28.8 Å². The Balaban J connectivity index is 1.73. The zero-order valence-corrected chi connectivity index (χ0v) is 14.9. The highest BCUT2D eigenvalue weighted by molar-refractivity contribution is 5.73. The van der Waals surface area contributed by atoms with Crippen molar-refractivity contribution in [3.05, 3.63) is 30.2 Å². The lowest BCUT2D eigenvalue weighted by Gasteiger charge is -2.32. The van der Waals surface area contributed by atoms with E-state index in [9.17, 15) is 18.0 Å². The van der Waals surface area contributed by atoms with Crippen LogP contribution in [0.1, 0.15) is 24.7 Å². The highest BCUT2D eigenvalue weighted by Gasteiger charge is 2.33. The van der Waals surface area contributed by atoms with Crippen molar-refractivity contribution in [1.82, 2.24) is 19.9 Å². The average molecular weight is 384 g/mol. The minimum atomic E-state index is -4.81. The predicted molar refractivity (Wildman–Crippen MR) is 89.0 cm³/mol. The molecule has 27 heavy (non-hydrogen) atoms. The van der Waals surface area contributed by atoms with Gasteiger partial charge in [-0.3, -0.25) is 0 Å². The van der Waals surface area contributed by atoms with E-state index in [1.54, 1.807) is 25.1 Å². The fourth-order valence-electron chi connectivity index (χ4n) is 2.98. The molecule has 0 spiro atoms. The van der Waals surface area contributed by atoms with Gasteiger partial charge >= 0.3 is 12.4 Å². The van der Waals surface area contributed by atoms with Crippen molar-refractivity contribution < 1.29 is 27.2 Å². The first-order chi connectivity index (χ1) is 12.7. The fourth-order valence-corrected chi connectivity index (χ4v) is 2.98. The summed E-state index contributed by atoms with van der Waals surface area (Å²) in [5, 5.41) is 3.81. The largest absolute Gasteiger partial charge is 0.573 e. The minimum absolute atomic E-state index is 0.0386. The van der Waals surface area contributed by atoms with Crippen molar-refractivity contribution >= 4 is 6.03 Å². The number of hydrogen-bond donors (Lipinski definition) is 0. The van der Waals surface area contributed by atoms with Crippen LogP contribution >= 0.6 is 0 Å². The molecule has 3 rings (SSSR count). The number of carbonyl (C=O) groups is 1. The smallest absolute Gasteiger partial charge is 0.405 e. The number of ether oxygens (including phenoxy) is 1. The molecule has 0 atom stereocenters. The van der Waals surface area contributed by atoms with E-state index in [0.29, 0.717) is 31.8 Å². The van der Waals surface area contributed by atoms with Gasteiger partial charge in [0.1, 0.15) is 5.75 Å². The van der Waals surface area contributed by atoms with E-state index in [-0.39, 0.29) is 29.1 Å². The van der Waals surface area contributed by atoms with E-state index in [4.69, 9.17) is 4.52 Å². The Hall–Kier alpha value is -2.78. The highest BCUT2D eigenvalue weighted by Crippen LogP contribution is 2.34. The van der Waals surface area contributed by atoms with Gasteiger partial charge in [-0.1, -0.05) is 17.3 Å². The van der Waals surface area contributed by atoms with Crippen LogP contribution < -0.4 is 4.74 Å². The number of carbonyl (C=O) groups excluding carboxylic acids is 1. The number of rotatable bonds is 3. The molecular weight excluding hydrogens is 365 g/mol. The van der Waals surface area contributed by atoms with Crippen LogP contribution in [-0.4, -0.2) is 59.5 Å². The third-order valence-electron chi connectivity index (χ3n) is 4.29. The summed E-state index contributed by atoms with van der Waals surface area (Å²) in [5.74, 6) is -0.0441. The molecule has 0 N–H and O–H groups in total. The summed E-state index contributed by atoms with van der Waals surface area (Å²) in [6.45, 7) is 1.10. The maximum Gasteiger partial charge on any atom is 0.573 e. The van der Waals surface area contributed by atoms with Gasteiger partial charge in [-0.15, -0.1) is 13.2 Å². The Labute approximate surface area is 153 Å². The molecule has 1 saturated heterocycles. The number of urea groups is 1. The number of piperidine rings is 1. The monoisotopic (exact) mass is 384 g/mol. The number of nitrogens with zero attached hydrogens (tertiary/aromatic N) is 4. The molecule has 1 aliphatic rings. The molecule has 0 unspecified atom stereocenters. The maximum atomic E-state index is 12.6. The van der Waals surface area contributed by atoms with Crippen LogP contribution in [0, 0.1) is 0 Å². The second-order valence-electron chi connectivity index (χ2n) is 6.44. The summed E-state index contributed by atoms with van der Waals surface area (Å²) in [6, 6.07) is 5.58. The molecule has 2 aromatic rings. The van der Waals surface area contributed by atoms with Gasteiger partial charge in [0.2, 0.25) is 11.7 Å². The number of likely N-dealkylation sites (tertiary alicyclic amines) is 1. The summed E-state index contributed by atoms with van der Waals surface area (Å²) in [7, 11) is 3.39. The molecule has 1 aromatic heterocycles. The molecule has 0 bridgehead atoms. The van der Waals surface area contributed by atoms with Crippen LogP contribution in [0.5, 0.6) is 5.75 Å². The van der Waals surface area contributed by atoms with Gasteiger partial charge in [-0.25, -0.2) is 4.79 Å². The Bertz CT molecular complexity index is 799. The molecular formula is C17H19F3N4O3. The summed E-state index contributed by atoms with van der Waals surface area (Å²) in [5.41, 5.74) is 0.102. The van der Waals surface area contributed by atoms with Crippen LogP contribution in [0.3, 0.4) is 0 Å². The van der Waals surface area contributed by atoms with Crippen molar-refractivity contribution in [2.24, 2.45) is 0 Å². The first-order valence-corrected chi connectivity index (χ1v) is 8.39. The Morgan fingerprint density at radius 3 is 2.56 bits per heavy atom. The van der Waals surface area contributed by atoms with Crippen LogP contribution in [0.4, 0.5) is 18.0 Å². The number of halogens is 3. The molecule has 1 fully saturated rings. The van der Waals surface area contributed by atoms with Crippen molar-refractivity contribution in [2.75, 3.05) is 27.2 Å². The molecule has 2 heterocycles. The van der Waals surface area contributed by atoms with Crippen LogP contribution in [-0.2, 0) is 0 Å². The normalized spacial score (nSPS) is 15.7.